The first-order chi connectivity index (χ1) is 8.94. The molecule has 0 aromatic carbocycles. The van der Waals surface area contributed by atoms with E-state index in [1.165, 1.54) is 32.1 Å². The van der Waals surface area contributed by atoms with E-state index in [1.807, 2.05) is 0 Å². The highest BCUT2D eigenvalue weighted by Gasteiger charge is 2.58. The van der Waals surface area contributed by atoms with Crippen LogP contribution in [0, 0.1) is 22.7 Å². The summed E-state index contributed by atoms with van der Waals surface area (Å²) in [6.07, 6.45) is 7.65. The van der Waals surface area contributed by atoms with E-state index in [4.69, 9.17) is 0 Å². The second-order valence-corrected chi connectivity index (χ2v) is 7.92. The highest BCUT2D eigenvalue weighted by Crippen LogP contribution is 2.62. The van der Waals surface area contributed by atoms with E-state index < -0.39 is 0 Å². The monoisotopic (exact) mass is 267 g/mol. The van der Waals surface area contributed by atoms with Gasteiger partial charge in [-0.15, -0.1) is 0 Å². The van der Waals surface area contributed by atoms with Crippen LogP contribution in [0.3, 0.4) is 0 Å². The third kappa shape index (κ3) is 2.85. The molecule has 0 saturated heterocycles. The van der Waals surface area contributed by atoms with E-state index in [0.717, 1.165) is 18.9 Å². The minimum Gasteiger partial charge on any atom is -0.396 e. The molecule has 0 aromatic heterocycles. The van der Waals surface area contributed by atoms with Crippen molar-refractivity contribution in [3.8, 4) is 0 Å². The zero-order chi connectivity index (χ0) is 14.1. The zero-order valence-electron chi connectivity index (χ0n) is 13.3. The lowest BCUT2D eigenvalue weighted by atomic mass is 9.68. The minimum atomic E-state index is 0.334. The Labute approximate surface area is 119 Å². The van der Waals surface area contributed by atoms with Crippen molar-refractivity contribution in [2.45, 2.75) is 72.3 Å². The van der Waals surface area contributed by atoms with Crippen LogP contribution in [0.5, 0.6) is 0 Å². The molecule has 0 heterocycles. The van der Waals surface area contributed by atoms with Crippen LogP contribution in [0.25, 0.3) is 0 Å². The maximum absolute atomic E-state index is 9.19. The Kier molecular flexibility index (Phi) is 4.62. The fraction of sp³-hybridized carbons (Fsp3) is 1.00. The highest BCUT2D eigenvalue weighted by molar-refractivity contribution is 5.12. The molecule has 4 atom stereocenters. The summed E-state index contributed by atoms with van der Waals surface area (Å²) in [6, 6.07) is 0.664. The SMILES string of the molecule is CCCC(CCO)CNC1C2(C)CCC(C2)C1(C)C. The van der Waals surface area contributed by atoms with Crippen molar-refractivity contribution in [2.75, 3.05) is 13.2 Å². The molecule has 2 heteroatoms. The Morgan fingerprint density at radius 2 is 2.00 bits per heavy atom. The van der Waals surface area contributed by atoms with Gasteiger partial charge < -0.3 is 10.4 Å². The average Bonchev–Trinajstić information content (AvgIpc) is 2.80. The van der Waals surface area contributed by atoms with Gasteiger partial charge in [-0.05, 0) is 61.3 Å². The summed E-state index contributed by atoms with van der Waals surface area (Å²) >= 11 is 0. The van der Waals surface area contributed by atoms with Gasteiger partial charge in [0.2, 0.25) is 0 Å². The van der Waals surface area contributed by atoms with E-state index in [1.54, 1.807) is 0 Å². The molecule has 2 fully saturated rings. The van der Waals surface area contributed by atoms with E-state index in [9.17, 15) is 5.11 Å². The maximum atomic E-state index is 9.19. The Bertz CT molecular complexity index is 291. The first kappa shape index (κ1) is 15.3. The second-order valence-electron chi connectivity index (χ2n) is 7.92. The van der Waals surface area contributed by atoms with Gasteiger partial charge >= 0.3 is 0 Å². The summed E-state index contributed by atoms with van der Waals surface area (Å²) in [7, 11) is 0. The molecule has 0 aromatic rings. The Morgan fingerprint density at radius 1 is 1.26 bits per heavy atom. The van der Waals surface area contributed by atoms with Crippen LogP contribution >= 0.6 is 0 Å². The topological polar surface area (TPSA) is 32.3 Å². The van der Waals surface area contributed by atoms with Gasteiger partial charge in [0.25, 0.3) is 0 Å². The Balaban J connectivity index is 1.94. The van der Waals surface area contributed by atoms with Crippen molar-refractivity contribution in [1.82, 2.24) is 5.32 Å². The Hall–Kier alpha value is -0.0800. The number of hydrogen-bond acceptors (Lipinski definition) is 2. The molecule has 19 heavy (non-hydrogen) atoms. The van der Waals surface area contributed by atoms with Crippen molar-refractivity contribution in [3.63, 3.8) is 0 Å². The van der Waals surface area contributed by atoms with Crippen LogP contribution in [-0.2, 0) is 0 Å². The van der Waals surface area contributed by atoms with Crippen molar-refractivity contribution < 1.29 is 5.11 Å². The third-order valence-electron chi connectivity index (χ3n) is 6.11. The minimum absolute atomic E-state index is 0.334. The lowest BCUT2D eigenvalue weighted by Gasteiger charge is -2.44. The molecule has 2 saturated carbocycles. The number of aliphatic hydroxyl groups excluding tert-OH is 1. The standard InChI is InChI=1S/C17H33NO/c1-5-6-13(8-10-19)12-18-15-16(2,3)14-7-9-17(15,4)11-14/h13-15,18-19H,5-12H2,1-4H3. The van der Waals surface area contributed by atoms with Crippen LogP contribution < -0.4 is 5.32 Å². The van der Waals surface area contributed by atoms with Crippen molar-refractivity contribution in [3.05, 3.63) is 0 Å². The number of hydrogen-bond donors (Lipinski definition) is 2. The van der Waals surface area contributed by atoms with Crippen LogP contribution in [0.1, 0.15) is 66.2 Å². The number of fused-ring (bicyclic) bond motifs is 2. The maximum Gasteiger partial charge on any atom is 0.0434 e. The molecule has 2 N–H and O–H groups in total. The average molecular weight is 267 g/mol. The molecule has 0 radical (unpaired) electrons. The van der Waals surface area contributed by atoms with Crippen molar-refractivity contribution in [2.24, 2.45) is 22.7 Å². The molecule has 2 aliphatic rings. The molecule has 0 aliphatic heterocycles. The van der Waals surface area contributed by atoms with Gasteiger partial charge in [-0.25, -0.2) is 0 Å². The molecule has 0 amide bonds. The molecular formula is C17H33NO. The smallest absolute Gasteiger partial charge is 0.0434 e. The van der Waals surface area contributed by atoms with E-state index in [2.05, 4.69) is 33.0 Å². The normalized spacial score (nSPS) is 37.7. The summed E-state index contributed by atoms with van der Waals surface area (Å²) in [4.78, 5) is 0. The van der Waals surface area contributed by atoms with Gasteiger partial charge in [0, 0.05) is 12.6 Å². The molecule has 2 nitrogen and oxygen atoms in total. The van der Waals surface area contributed by atoms with Crippen LogP contribution in [0.2, 0.25) is 0 Å². The molecule has 112 valence electrons. The van der Waals surface area contributed by atoms with Crippen LogP contribution in [0.15, 0.2) is 0 Å². The van der Waals surface area contributed by atoms with Crippen molar-refractivity contribution in [1.29, 1.82) is 0 Å². The fourth-order valence-electron chi connectivity index (χ4n) is 5.04. The van der Waals surface area contributed by atoms with E-state index in [-0.39, 0.29) is 0 Å². The molecule has 2 rings (SSSR count). The van der Waals surface area contributed by atoms with Gasteiger partial charge in [0.15, 0.2) is 0 Å². The summed E-state index contributed by atoms with van der Waals surface area (Å²) in [6.45, 7) is 11.1. The van der Waals surface area contributed by atoms with Crippen molar-refractivity contribution >= 4 is 0 Å². The fourth-order valence-corrected chi connectivity index (χ4v) is 5.04. The predicted octanol–water partition coefficient (Wildman–Crippen LogP) is 3.59. The molecule has 2 bridgehead atoms. The molecule has 2 aliphatic carbocycles. The first-order valence-electron chi connectivity index (χ1n) is 8.28. The molecular weight excluding hydrogens is 234 g/mol. The van der Waals surface area contributed by atoms with Gasteiger partial charge in [-0.2, -0.15) is 0 Å². The summed E-state index contributed by atoms with van der Waals surface area (Å²) in [5.41, 5.74) is 0.965. The summed E-state index contributed by atoms with van der Waals surface area (Å²) < 4.78 is 0. The van der Waals surface area contributed by atoms with Gasteiger partial charge in [-0.1, -0.05) is 34.1 Å². The lowest BCUT2D eigenvalue weighted by molar-refractivity contribution is 0.103. The Morgan fingerprint density at radius 3 is 2.53 bits per heavy atom. The highest BCUT2D eigenvalue weighted by atomic mass is 16.3. The van der Waals surface area contributed by atoms with Crippen LogP contribution in [0.4, 0.5) is 0 Å². The largest absolute Gasteiger partial charge is 0.396 e. The first-order valence-corrected chi connectivity index (χ1v) is 8.28. The quantitative estimate of drug-likeness (QED) is 0.739. The molecule has 4 unspecified atom stereocenters. The number of aliphatic hydroxyl groups is 1. The number of nitrogens with one attached hydrogen (secondary N) is 1. The van der Waals surface area contributed by atoms with Gasteiger partial charge in [-0.3, -0.25) is 0 Å². The predicted molar refractivity (Wildman–Crippen MR) is 81.1 cm³/mol. The second kappa shape index (κ2) is 5.73. The summed E-state index contributed by atoms with van der Waals surface area (Å²) in [5.74, 6) is 1.56. The third-order valence-corrected chi connectivity index (χ3v) is 6.11. The zero-order valence-corrected chi connectivity index (χ0v) is 13.3. The number of rotatable bonds is 7. The van der Waals surface area contributed by atoms with Gasteiger partial charge in [0.05, 0.1) is 0 Å². The van der Waals surface area contributed by atoms with E-state index >= 15 is 0 Å². The lowest BCUT2D eigenvalue weighted by Crippen LogP contribution is -2.51. The van der Waals surface area contributed by atoms with Crippen LogP contribution in [-0.4, -0.2) is 24.3 Å². The van der Waals surface area contributed by atoms with Gasteiger partial charge in [0.1, 0.15) is 0 Å². The summed E-state index contributed by atoms with van der Waals surface area (Å²) in [5, 5.41) is 13.1. The molecule has 0 spiro atoms. The van der Waals surface area contributed by atoms with E-state index in [0.29, 0.717) is 29.4 Å².